The molecule has 0 spiro atoms. The summed E-state index contributed by atoms with van der Waals surface area (Å²) in [7, 11) is 0. The summed E-state index contributed by atoms with van der Waals surface area (Å²) in [5.74, 6) is -1.00. The van der Waals surface area contributed by atoms with Crippen molar-refractivity contribution in [3.05, 3.63) is 66.2 Å². The van der Waals surface area contributed by atoms with Gasteiger partial charge in [0.25, 0.3) is 0 Å². The van der Waals surface area contributed by atoms with Crippen molar-refractivity contribution < 1.29 is 29.0 Å². The molecule has 1 N–H and O–H groups in total. The van der Waals surface area contributed by atoms with Crippen LogP contribution in [0.5, 0.6) is 5.75 Å². The fourth-order valence-corrected chi connectivity index (χ4v) is 4.05. The van der Waals surface area contributed by atoms with Gasteiger partial charge in [0, 0.05) is 5.41 Å². The number of hydrogen-bond donors (Lipinski definition) is 1. The zero-order chi connectivity index (χ0) is 24.7. The van der Waals surface area contributed by atoms with Crippen molar-refractivity contribution in [3.8, 4) is 5.75 Å². The second-order valence-electron chi connectivity index (χ2n) is 9.88. The first-order chi connectivity index (χ1) is 16.2. The number of benzene rings is 2. The number of aliphatic hydroxyl groups excluding tert-OH is 1. The molecular weight excluding hydrogens is 434 g/mol. The van der Waals surface area contributed by atoms with Gasteiger partial charge in [0.15, 0.2) is 0 Å². The van der Waals surface area contributed by atoms with Gasteiger partial charge in [-0.15, -0.1) is 0 Å². The third-order valence-electron chi connectivity index (χ3n) is 5.97. The molecule has 1 saturated heterocycles. The number of aliphatic hydroxyl groups is 1. The lowest BCUT2D eigenvalue weighted by Crippen LogP contribution is -2.46. The zero-order valence-corrected chi connectivity index (χ0v) is 20.3. The van der Waals surface area contributed by atoms with Crippen LogP contribution in [0, 0.1) is 17.3 Å². The largest absolute Gasteiger partial charge is 0.465 e. The molecule has 0 aromatic heterocycles. The monoisotopic (exact) mass is 469 g/mol. The van der Waals surface area contributed by atoms with Crippen LogP contribution in [0.3, 0.4) is 0 Å². The SMILES string of the molecule is CC(C)[C@@H]1[C@H](C(=O)OCC(C)(C)CO)C[C@H](C(=O)Oc2ccccc2)N1OCc1ccccc1. The lowest BCUT2D eigenvalue weighted by atomic mass is 9.91. The maximum atomic E-state index is 13.2. The Hall–Kier alpha value is -2.74. The predicted octanol–water partition coefficient (Wildman–Crippen LogP) is 4.00. The smallest absolute Gasteiger partial charge is 0.331 e. The fraction of sp³-hybridized carbons (Fsp3) is 0.481. The van der Waals surface area contributed by atoms with Crippen LogP contribution in [0.15, 0.2) is 60.7 Å². The Morgan fingerprint density at radius 1 is 1.03 bits per heavy atom. The van der Waals surface area contributed by atoms with Crippen molar-refractivity contribution in [2.75, 3.05) is 13.2 Å². The van der Waals surface area contributed by atoms with E-state index in [2.05, 4.69) is 0 Å². The molecule has 0 saturated carbocycles. The molecule has 7 heteroatoms. The number of carbonyl (C=O) groups is 2. The van der Waals surface area contributed by atoms with E-state index in [4.69, 9.17) is 14.3 Å². The van der Waals surface area contributed by atoms with E-state index < -0.39 is 29.3 Å². The van der Waals surface area contributed by atoms with Gasteiger partial charge in [-0.2, -0.15) is 5.06 Å². The van der Waals surface area contributed by atoms with Gasteiger partial charge in [-0.3, -0.25) is 9.63 Å². The van der Waals surface area contributed by atoms with E-state index >= 15 is 0 Å². The van der Waals surface area contributed by atoms with E-state index in [0.29, 0.717) is 5.75 Å². The minimum atomic E-state index is -0.764. The second-order valence-corrected chi connectivity index (χ2v) is 9.88. The van der Waals surface area contributed by atoms with Crippen molar-refractivity contribution in [2.24, 2.45) is 17.3 Å². The molecule has 0 unspecified atom stereocenters. The summed E-state index contributed by atoms with van der Waals surface area (Å²) in [6, 6.07) is 17.4. The molecule has 0 aliphatic carbocycles. The van der Waals surface area contributed by atoms with Crippen molar-refractivity contribution in [2.45, 2.75) is 52.8 Å². The number of nitrogens with zero attached hydrogens (tertiary/aromatic N) is 1. The van der Waals surface area contributed by atoms with Crippen LogP contribution in [0.25, 0.3) is 0 Å². The summed E-state index contributed by atoms with van der Waals surface area (Å²) in [6.07, 6.45) is 0.224. The van der Waals surface area contributed by atoms with Crippen LogP contribution in [-0.4, -0.2) is 47.4 Å². The molecule has 7 nitrogen and oxygen atoms in total. The highest BCUT2D eigenvalue weighted by atomic mass is 16.7. The van der Waals surface area contributed by atoms with Crippen molar-refractivity contribution in [1.82, 2.24) is 5.06 Å². The van der Waals surface area contributed by atoms with Crippen molar-refractivity contribution in [1.29, 1.82) is 0 Å². The number of carbonyl (C=O) groups excluding carboxylic acids is 2. The number of hydrogen-bond acceptors (Lipinski definition) is 7. The standard InChI is InChI=1S/C27H35NO6/c1-19(2)24-22(25(30)32-18-27(3,4)17-29)15-23(26(31)34-21-13-9-6-10-14-21)28(24)33-16-20-11-7-5-8-12-20/h5-14,19,22-24,29H,15-18H2,1-4H3/t22-,23-,24-/m1/s1. The Bertz CT molecular complexity index is 931. The maximum Gasteiger partial charge on any atom is 0.331 e. The van der Waals surface area contributed by atoms with Gasteiger partial charge >= 0.3 is 11.9 Å². The molecule has 1 fully saturated rings. The van der Waals surface area contributed by atoms with Gasteiger partial charge < -0.3 is 14.6 Å². The average molecular weight is 470 g/mol. The molecule has 0 bridgehead atoms. The molecule has 1 heterocycles. The Labute approximate surface area is 201 Å². The lowest BCUT2D eigenvalue weighted by molar-refractivity contribution is -0.218. The molecule has 0 radical (unpaired) electrons. The molecule has 0 amide bonds. The number of hydroxylamine groups is 2. The highest BCUT2D eigenvalue weighted by Gasteiger charge is 2.51. The maximum absolute atomic E-state index is 13.2. The lowest BCUT2D eigenvalue weighted by Gasteiger charge is -2.32. The molecular formula is C27H35NO6. The van der Waals surface area contributed by atoms with Gasteiger partial charge in [-0.25, -0.2) is 4.79 Å². The third-order valence-corrected chi connectivity index (χ3v) is 5.97. The molecule has 184 valence electrons. The number of rotatable bonds is 10. The van der Waals surface area contributed by atoms with Crippen LogP contribution in [0.2, 0.25) is 0 Å². The quantitative estimate of drug-likeness (QED) is 0.416. The first-order valence-corrected chi connectivity index (χ1v) is 11.7. The summed E-state index contributed by atoms with van der Waals surface area (Å²) in [5, 5.41) is 11.1. The van der Waals surface area contributed by atoms with Crippen LogP contribution < -0.4 is 4.74 Å². The number of ether oxygens (including phenoxy) is 2. The first kappa shape index (κ1) is 25.9. The van der Waals surface area contributed by atoms with Crippen molar-refractivity contribution in [3.63, 3.8) is 0 Å². The summed E-state index contributed by atoms with van der Waals surface area (Å²) in [4.78, 5) is 32.5. The number of esters is 2. The van der Waals surface area contributed by atoms with E-state index in [-0.39, 0.29) is 38.2 Å². The Balaban J connectivity index is 1.82. The highest BCUT2D eigenvalue weighted by Crippen LogP contribution is 2.37. The third kappa shape index (κ3) is 6.65. The molecule has 1 aliphatic rings. The second kappa shape index (κ2) is 11.6. The molecule has 34 heavy (non-hydrogen) atoms. The van der Waals surface area contributed by atoms with Crippen LogP contribution in [-0.2, 0) is 25.8 Å². The van der Waals surface area contributed by atoms with Gasteiger partial charge in [-0.1, -0.05) is 76.2 Å². The fourth-order valence-electron chi connectivity index (χ4n) is 4.05. The normalized spacial score (nSPS) is 20.9. The minimum Gasteiger partial charge on any atom is -0.465 e. The van der Waals surface area contributed by atoms with Gasteiger partial charge in [0.05, 0.1) is 31.8 Å². The van der Waals surface area contributed by atoms with Crippen molar-refractivity contribution >= 4 is 11.9 Å². The zero-order valence-electron chi connectivity index (χ0n) is 20.3. The summed E-state index contributed by atoms with van der Waals surface area (Å²) in [6.45, 7) is 7.89. The van der Waals surface area contributed by atoms with Gasteiger partial charge in [0.1, 0.15) is 11.8 Å². The van der Waals surface area contributed by atoms with Crippen LogP contribution in [0.4, 0.5) is 0 Å². The van der Waals surface area contributed by atoms with E-state index in [1.807, 2.05) is 64.1 Å². The molecule has 2 aromatic carbocycles. The highest BCUT2D eigenvalue weighted by molar-refractivity contribution is 5.81. The minimum absolute atomic E-state index is 0.00806. The average Bonchev–Trinajstić information content (AvgIpc) is 3.23. The summed E-state index contributed by atoms with van der Waals surface area (Å²) < 4.78 is 11.2. The van der Waals surface area contributed by atoms with Crippen LogP contribution in [0.1, 0.15) is 39.7 Å². The Kier molecular flexibility index (Phi) is 8.83. The summed E-state index contributed by atoms with van der Waals surface area (Å²) in [5.41, 5.74) is 0.410. The van der Waals surface area contributed by atoms with Crippen LogP contribution >= 0.6 is 0 Å². The van der Waals surface area contributed by atoms with E-state index in [9.17, 15) is 14.7 Å². The summed E-state index contributed by atoms with van der Waals surface area (Å²) >= 11 is 0. The van der Waals surface area contributed by atoms with E-state index in [1.54, 1.807) is 29.3 Å². The molecule has 3 rings (SSSR count). The van der Waals surface area contributed by atoms with Gasteiger partial charge in [-0.05, 0) is 30.0 Å². The molecule has 3 atom stereocenters. The molecule has 2 aromatic rings. The predicted molar refractivity (Wildman–Crippen MR) is 127 cm³/mol. The van der Waals surface area contributed by atoms with E-state index in [1.165, 1.54) is 0 Å². The van der Waals surface area contributed by atoms with E-state index in [0.717, 1.165) is 5.56 Å². The topological polar surface area (TPSA) is 85.3 Å². The Morgan fingerprint density at radius 3 is 2.24 bits per heavy atom. The molecule has 1 aliphatic heterocycles. The first-order valence-electron chi connectivity index (χ1n) is 11.7. The Morgan fingerprint density at radius 2 is 1.65 bits per heavy atom. The van der Waals surface area contributed by atoms with Gasteiger partial charge in [0.2, 0.25) is 0 Å². The number of para-hydroxylation sites is 1.